The van der Waals surface area contributed by atoms with Crippen LogP contribution < -0.4 is 9.88 Å². The zero-order valence-corrected chi connectivity index (χ0v) is 14.3. The molecule has 5 heteroatoms. The highest BCUT2D eigenvalue weighted by molar-refractivity contribution is 6.06. The number of nitrogens with zero attached hydrogens (tertiary/aromatic N) is 3. The van der Waals surface area contributed by atoms with Crippen molar-refractivity contribution in [3.8, 4) is 0 Å². The van der Waals surface area contributed by atoms with Gasteiger partial charge in [-0.1, -0.05) is 18.2 Å². The number of hydrogen-bond donors (Lipinski definition) is 0. The summed E-state index contributed by atoms with van der Waals surface area (Å²) in [5.74, 6) is 0.0998. The Morgan fingerprint density at radius 1 is 1.04 bits per heavy atom. The van der Waals surface area contributed by atoms with Crippen LogP contribution in [0.15, 0.2) is 54.9 Å². The molecule has 1 saturated heterocycles. The molecule has 0 atom stereocenters. The van der Waals surface area contributed by atoms with Crippen LogP contribution in [0, 0.1) is 6.92 Å². The van der Waals surface area contributed by atoms with E-state index in [1.54, 1.807) is 0 Å². The Morgan fingerprint density at radius 3 is 2.52 bits per heavy atom. The monoisotopic (exact) mass is 333 g/mol. The molecule has 3 aromatic rings. The van der Waals surface area contributed by atoms with Crippen molar-refractivity contribution in [1.82, 2.24) is 9.88 Å². The number of anilines is 1. The highest BCUT2D eigenvalue weighted by Gasteiger charge is 2.24. The summed E-state index contributed by atoms with van der Waals surface area (Å²) in [6, 6.07) is 13.9. The Morgan fingerprint density at radius 2 is 1.76 bits per heavy atom. The maximum absolute atomic E-state index is 13.1. The smallest absolute Gasteiger partial charge is 0.254 e. The van der Waals surface area contributed by atoms with Crippen molar-refractivity contribution in [2.24, 2.45) is 0 Å². The first-order valence-corrected chi connectivity index (χ1v) is 8.59. The molecule has 3 heterocycles. The minimum Gasteiger partial charge on any atom is -0.368 e. The van der Waals surface area contributed by atoms with E-state index < -0.39 is 0 Å². The van der Waals surface area contributed by atoms with Crippen molar-refractivity contribution in [2.75, 3.05) is 31.1 Å². The highest BCUT2D eigenvalue weighted by atomic mass is 16.2. The molecular weight excluding hydrogens is 312 g/mol. The van der Waals surface area contributed by atoms with Crippen LogP contribution in [0.1, 0.15) is 16.1 Å². The van der Waals surface area contributed by atoms with Gasteiger partial charge in [-0.05, 0) is 19.1 Å². The number of benzene rings is 1. The van der Waals surface area contributed by atoms with Gasteiger partial charge in [0.05, 0.1) is 11.1 Å². The first-order valence-electron chi connectivity index (χ1n) is 8.59. The second kappa shape index (κ2) is 6.51. The van der Waals surface area contributed by atoms with Gasteiger partial charge in [0.15, 0.2) is 12.4 Å². The minimum absolute atomic E-state index is 0.0998. The number of aryl methyl sites for hydroxylation is 1. The van der Waals surface area contributed by atoms with Crippen LogP contribution in [-0.2, 0) is 0 Å². The summed E-state index contributed by atoms with van der Waals surface area (Å²) in [4.78, 5) is 24.9. The number of hydrogen-bond acceptors (Lipinski definition) is 3. The Bertz CT molecular complexity index is 902. The number of aromatic nitrogens is 2. The van der Waals surface area contributed by atoms with E-state index in [1.807, 2.05) is 54.5 Å². The van der Waals surface area contributed by atoms with E-state index in [-0.39, 0.29) is 5.91 Å². The molecule has 2 aromatic heterocycles. The van der Waals surface area contributed by atoms with E-state index in [9.17, 15) is 4.79 Å². The number of carbonyl (C=O) groups is 1. The van der Waals surface area contributed by atoms with Crippen LogP contribution in [0.2, 0.25) is 0 Å². The number of para-hydroxylation sites is 1. The normalized spacial score (nSPS) is 14.8. The van der Waals surface area contributed by atoms with Gasteiger partial charge in [-0.15, -0.1) is 0 Å². The lowest BCUT2D eigenvalue weighted by molar-refractivity contribution is -0.377. The van der Waals surface area contributed by atoms with Gasteiger partial charge >= 0.3 is 0 Å². The second-order valence-electron chi connectivity index (χ2n) is 6.37. The number of nitrogens with one attached hydrogen (secondary N) is 1. The van der Waals surface area contributed by atoms with Crippen molar-refractivity contribution in [2.45, 2.75) is 6.92 Å². The second-order valence-corrected chi connectivity index (χ2v) is 6.37. The van der Waals surface area contributed by atoms with Gasteiger partial charge < -0.3 is 9.80 Å². The SMILES string of the molecule is Cc1cc(C(=O)N2CCN(c3cc[nH+]cc3)CC2)c2ccccc2n1. The number of H-pyrrole nitrogens is 1. The van der Waals surface area contributed by atoms with Crippen molar-refractivity contribution in [3.05, 3.63) is 66.1 Å². The topological polar surface area (TPSA) is 50.6 Å². The van der Waals surface area contributed by atoms with Gasteiger partial charge in [0.1, 0.15) is 0 Å². The third-order valence-corrected chi connectivity index (χ3v) is 4.71. The van der Waals surface area contributed by atoms with Gasteiger partial charge in [-0.2, -0.15) is 0 Å². The van der Waals surface area contributed by atoms with E-state index in [1.165, 1.54) is 5.69 Å². The summed E-state index contributed by atoms with van der Waals surface area (Å²) in [5.41, 5.74) is 3.70. The molecule has 1 aliphatic rings. The van der Waals surface area contributed by atoms with E-state index >= 15 is 0 Å². The van der Waals surface area contributed by atoms with Gasteiger partial charge in [0.2, 0.25) is 0 Å². The van der Waals surface area contributed by atoms with E-state index in [4.69, 9.17) is 0 Å². The lowest BCUT2D eigenvalue weighted by atomic mass is 10.1. The molecule has 1 amide bonds. The molecule has 0 saturated carbocycles. The first kappa shape index (κ1) is 15.6. The quantitative estimate of drug-likeness (QED) is 0.723. The van der Waals surface area contributed by atoms with Crippen LogP contribution in [0.4, 0.5) is 5.69 Å². The van der Waals surface area contributed by atoms with Crippen LogP contribution in [0.3, 0.4) is 0 Å². The average molecular weight is 333 g/mol. The molecule has 1 aliphatic heterocycles. The molecule has 1 aromatic carbocycles. The predicted molar refractivity (Wildman–Crippen MR) is 97.6 cm³/mol. The van der Waals surface area contributed by atoms with Crippen LogP contribution >= 0.6 is 0 Å². The van der Waals surface area contributed by atoms with Crippen molar-refractivity contribution < 1.29 is 9.78 Å². The highest BCUT2D eigenvalue weighted by Crippen LogP contribution is 2.21. The van der Waals surface area contributed by atoms with Gasteiger partial charge in [0, 0.05) is 55.1 Å². The fraction of sp³-hybridized carbons (Fsp3) is 0.250. The maximum atomic E-state index is 13.1. The number of rotatable bonds is 2. The minimum atomic E-state index is 0.0998. The molecule has 25 heavy (non-hydrogen) atoms. The third kappa shape index (κ3) is 3.05. The van der Waals surface area contributed by atoms with Gasteiger partial charge in [0.25, 0.3) is 5.91 Å². The summed E-state index contributed by atoms with van der Waals surface area (Å²) in [6.45, 7) is 5.09. The summed E-state index contributed by atoms with van der Waals surface area (Å²) < 4.78 is 0. The molecular formula is C20H21N4O+. The lowest BCUT2D eigenvalue weighted by Gasteiger charge is -2.36. The van der Waals surface area contributed by atoms with Gasteiger partial charge in [-0.25, -0.2) is 4.98 Å². The number of fused-ring (bicyclic) bond motifs is 1. The number of amides is 1. The molecule has 0 unspecified atom stereocenters. The summed E-state index contributed by atoms with van der Waals surface area (Å²) in [7, 11) is 0. The molecule has 0 spiro atoms. The van der Waals surface area contributed by atoms with Crippen LogP contribution in [-0.4, -0.2) is 42.0 Å². The zero-order valence-electron chi connectivity index (χ0n) is 14.3. The molecule has 1 N–H and O–H groups in total. The molecule has 126 valence electrons. The van der Waals surface area contributed by atoms with E-state index in [0.29, 0.717) is 0 Å². The van der Waals surface area contributed by atoms with Gasteiger partial charge in [-0.3, -0.25) is 9.78 Å². The average Bonchev–Trinajstić information content (AvgIpc) is 2.67. The van der Waals surface area contributed by atoms with E-state index in [2.05, 4.69) is 27.0 Å². The van der Waals surface area contributed by atoms with Crippen LogP contribution in [0.25, 0.3) is 10.9 Å². The standard InChI is InChI=1S/C20H20N4O/c1-15-14-18(17-4-2-3-5-19(17)22-15)20(25)24-12-10-23(11-13-24)16-6-8-21-9-7-16/h2-9,14H,10-13H2,1H3/p+1. The Labute approximate surface area is 146 Å². The molecule has 4 rings (SSSR count). The largest absolute Gasteiger partial charge is 0.368 e. The van der Waals surface area contributed by atoms with E-state index in [0.717, 1.165) is 48.3 Å². The Kier molecular flexibility index (Phi) is 4.06. The van der Waals surface area contributed by atoms with Crippen molar-refractivity contribution in [1.29, 1.82) is 0 Å². The maximum Gasteiger partial charge on any atom is 0.254 e. The molecule has 0 radical (unpaired) electrons. The van der Waals surface area contributed by atoms with Crippen molar-refractivity contribution >= 4 is 22.5 Å². The molecule has 0 aliphatic carbocycles. The predicted octanol–water partition coefficient (Wildman–Crippen LogP) is 2.32. The number of piperazine rings is 1. The molecule has 1 fully saturated rings. The molecule has 0 bridgehead atoms. The Balaban J connectivity index is 1.55. The fourth-order valence-corrected chi connectivity index (χ4v) is 3.41. The Hall–Kier alpha value is -2.95. The number of aromatic amines is 1. The summed E-state index contributed by atoms with van der Waals surface area (Å²) in [6.07, 6.45) is 3.86. The number of carbonyl (C=O) groups excluding carboxylic acids is 1. The zero-order chi connectivity index (χ0) is 17.2. The number of pyridine rings is 2. The summed E-state index contributed by atoms with van der Waals surface area (Å²) >= 11 is 0. The fourth-order valence-electron chi connectivity index (χ4n) is 3.41. The van der Waals surface area contributed by atoms with Crippen LogP contribution in [0.5, 0.6) is 0 Å². The lowest BCUT2D eigenvalue weighted by Crippen LogP contribution is -2.48. The molecule has 5 nitrogen and oxygen atoms in total. The third-order valence-electron chi connectivity index (χ3n) is 4.71. The van der Waals surface area contributed by atoms with Crippen molar-refractivity contribution in [3.63, 3.8) is 0 Å². The summed E-state index contributed by atoms with van der Waals surface area (Å²) in [5, 5.41) is 0.930. The first-order chi connectivity index (χ1) is 12.2.